The summed E-state index contributed by atoms with van der Waals surface area (Å²) in [6.45, 7) is 0. The summed E-state index contributed by atoms with van der Waals surface area (Å²) < 4.78 is 62.7. The maximum Gasteiger partial charge on any atom is 0.206 e. The number of phenols is 4. The van der Waals surface area contributed by atoms with Crippen LogP contribution in [0.5, 0.6) is 46.0 Å². The maximum absolute atomic E-state index is 13.2. The van der Waals surface area contributed by atoms with Gasteiger partial charge in [0.2, 0.25) is 19.7 Å². The Kier molecular flexibility index (Phi) is 17.7. The van der Waals surface area contributed by atoms with Crippen LogP contribution in [0.1, 0.15) is 7.43 Å². The average molecular weight is 1080 g/mol. The second-order valence-corrected chi connectivity index (χ2v) is 21.1. The highest BCUT2D eigenvalue weighted by atomic mass is 35.5. The summed E-state index contributed by atoms with van der Waals surface area (Å²) in [6, 6.07) is 67.5. The van der Waals surface area contributed by atoms with E-state index >= 15 is 0 Å². The molecule has 0 aromatic heterocycles. The van der Waals surface area contributed by atoms with Gasteiger partial charge in [-0.15, -0.1) is 0 Å². The van der Waals surface area contributed by atoms with Gasteiger partial charge in [-0.05, 0) is 203 Å². The predicted octanol–water partition coefficient (Wildman–Crippen LogP) is 16.1. The highest BCUT2D eigenvalue weighted by Gasteiger charge is 2.19. The Labute approximate surface area is 446 Å². The Bertz CT molecular complexity index is 3420. The van der Waals surface area contributed by atoms with Crippen molar-refractivity contribution in [1.29, 1.82) is 0 Å². The number of hydrogen-bond donors (Lipinski definition) is 4. The lowest BCUT2D eigenvalue weighted by atomic mass is 10.1. The largest absolute Gasteiger partial charge is 0.508 e. The van der Waals surface area contributed by atoms with Crippen LogP contribution in [0.2, 0.25) is 10.0 Å². The van der Waals surface area contributed by atoms with Crippen LogP contribution >= 0.6 is 23.2 Å². The smallest absolute Gasteiger partial charge is 0.206 e. The van der Waals surface area contributed by atoms with Gasteiger partial charge in [0.1, 0.15) is 46.0 Å². The molecule has 0 fully saturated rings. The van der Waals surface area contributed by atoms with Crippen LogP contribution in [-0.4, -0.2) is 37.3 Å². The molecule has 0 heterocycles. The molecule has 0 bridgehead atoms. The van der Waals surface area contributed by atoms with Gasteiger partial charge in [-0.1, -0.05) is 103 Å². The first-order valence-corrected chi connectivity index (χ1v) is 26.3. The Morgan fingerprint density at radius 1 is 0.253 bits per heavy atom. The highest BCUT2D eigenvalue weighted by molar-refractivity contribution is 7.91. The minimum absolute atomic E-state index is 0. The van der Waals surface area contributed by atoms with E-state index in [0.29, 0.717) is 33.0 Å². The molecule has 0 radical (unpaired) electrons. The fourth-order valence-corrected chi connectivity index (χ4v) is 9.97. The van der Waals surface area contributed by atoms with Crippen LogP contribution in [-0.2, 0) is 19.7 Å². The molecular formula is C61H48Cl2O10S2. The Balaban J connectivity index is 0.000000208. The number of sulfone groups is 2. The van der Waals surface area contributed by atoms with Crippen LogP contribution in [0.4, 0.5) is 0 Å². The Hall–Kier alpha value is -8.52. The SMILES string of the molecule is C.O=S(=O)(c1ccc(Cl)cc1)c1ccc(Cl)cc1.O=S(=O)(c1ccc(Oc2ccc(-c3ccc(O)cc3)cc2)cc1)c1ccc(Oc2ccc(-c3ccc(O)cc3)cc2)cc1.Oc1ccc(-c2ccc(O)cc2)cc1. The van der Waals surface area contributed by atoms with Gasteiger partial charge in [-0.25, -0.2) is 16.8 Å². The molecule has 10 aromatic carbocycles. The van der Waals surface area contributed by atoms with Gasteiger partial charge in [0, 0.05) is 10.0 Å². The molecule has 0 atom stereocenters. The summed E-state index contributed by atoms with van der Waals surface area (Å²) in [5.74, 6) is 3.19. The van der Waals surface area contributed by atoms with E-state index in [4.69, 9.17) is 42.9 Å². The first-order valence-electron chi connectivity index (χ1n) is 22.5. The van der Waals surface area contributed by atoms with Gasteiger partial charge in [0.15, 0.2) is 0 Å². The first-order chi connectivity index (χ1) is 35.6. The van der Waals surface area contributed by atoms with Gasteiger partial charge in [-0.2, -0.15) is 0 Å². The molecule has 0 aliphatic rings. The molecule has 0 saturated carbocycles. The third-order valence-corrected chi connectivity index (χ3v) is 15.2. The van der Waals surface area contributed by atoms with Crippen molar-refractivity contribution in [3.63, 3.8) is 0 Å². The maximum atomic E-state index is 13.2. The van der Waals surface area contributed by atoms with Crippen LogP contribution in [0.15, 0.2) is 262 Å². The monoisotopic (exact) mass is 1070 g/mol. The zero-order chi connectivity index (χ0) is 52.2. The molecule has 4 N–H and O–H groups in total. The molecule has 0 unspecified atom stereocenters. The topological polar surface area (TPSA) is 168 Å². The van der Waals surface area contributed by atoms with Gasteiger partial charge in [0.25, 0.3) is 0 Å². The number of ether oxygens (including phenoxy) is 2. The van der Waals surface area contributed by atoms with Gasteiger partial charge >= 0.3 is 0 Å². The molecule has 0 aliphatic carbocycles. The van der Waals surface area contributed by atoms with Crippen molar-refractivity contribution in [3.05, 3.63) is 253 Å². The molecule has 378 valence electrons. The van der Waals surface area contributed by atoms with E-state index in [1.165, 1.54) is 48.5 Å². The average Bonchev–Trinajstić information content (AvgIpc) is 3.41. The highest BCUT2D eigenvalue weighted by Crippen LogP contribution is 2.32. The Morgan fingerprint density at radius 2 is 0.413 bits per heavy atom. The third-order valence-electron chi connectivity index (χ3n) is 11.2. The lowest BCUT2D eigenvalue weighted by Crippen LogP contribution is -2.01. The van der Waals surface area contributed by atoms with E-state index < -0.39 is 19.7 Å². The second kappa shape index (κ2) is 24.5. The summed E-state index contributed by atoms with van der Waals surface area (Å²) in [5.41, 5.74) is 5.94. The molecule has 0 amide bonds. The first kappa shape index (κ1) is 54.3. The normalized spacial score (nSPS) is 10.9. The summed E-state index contributed by atoms with van der Waals surface area (Å²) in [7, 11) is -7.23. The molecule has 0 spiro atoms. The number of phenolic OH excluding ortho intramolecular Hbond substituents is 4. The molecule has 0 saturated heterocycles. The van der Waals surface area contributed by atoms with Crippen LogP contribution in [0.25, 0.3) is 33.4 Å². The van der Waals surface area contributed by atoms with Crippen molar-refractivity contribution in [2.75, 3.05) is 0 Å². The van der Waals surface area contributed by atoms with Crippen LogP contribution in [0.3, 0.4) is 0 Å². The standard InChI is InChI=1S/C36H26O6S.C12H8Cl2O2S.C12H10O2.CH4/c37-29-9-1-25(2-10-29)27-5-13-31(14-6-27)41-33-17-21-35(22-18-33)43(39,40)36-23-19-34(20-24-36)42-32-15-7-28(8-16-32)26-3-11-30(38)12-4-26;13-9-1-5-11(6-2-9)17(15,16)12-7-3-10(14)4-8-12;13-11-5-1-9(2-6-11)10-3-7-12(14)8-4-10;/h1-24,37-38H;1-8H;1-8,13-14H;1H4. The lowest BCUT2D eigenvalue weighted by Gasteiger charge is -2.10. The molecule has 10 rings (SSSR count). The molecule has 10 nitrogen and oxygen atoms in total. The zero-order valence-corrected chi connectivity index (χ0v) is 42.0. The van der Waals surface area contributed by atoms with Crippen molar-refractivity contribution in [2.45, 2.75) is 27.0 Å². The minimum Gasteiger partial charge on any atom is -0.508 e. The van der Waals surface area contributed by atoms with E-state index in [-0.39, 0.29) is 50.0 Å². The second-order valence-electron chi connectivity index (χ2n) is 16.3. The number of rotatable bonds is 11. The zero-order valence-electron chi connectivity index (χ0n) is 38.9. The van der Waals surface area contributed by atoms with E-state index in [1.807, 2.05) is 97.1 Å². The van der Waals surface area contributed by atoms with Crippen LogP contribution < -0.4 is 9.47 Å². The molecule has 75 heavy (non-hydrogen) atoms. The third kappa shape index (κ3) is 14.4. The summed E-state index contributed by atoms with van der Waals surface area (Å²) in [5, 5.41) is 38.2. The fourth-order valence-electron chi connectivity index (χ4n) is 7.19. The van der Waals surface area contributed by atoms with E-state index in [0.717, 1.165) is 33.4 Å². The Morgan fingerprint density at radius 3 is 0.613 bits per heavy atom. The summed E-state index contributed by atoms with van der Waals surface area (Å²) in [6.07, 6.45) is 0. The number of halogens is 2. The lowest BCUT2D eigenvalue weighted by molar-refractivity contribution is 0.474. The molecule has 10 aromatic rings. The summed E-state index contributed by atoms with van der Waals surface area (Å²) in [4.78, 5) is 0.732. The molecular weight excluding hydrogens is 1030 g/mol. The van der Waals surface area contributed by atoms with Crippen LogP contribution in [0, 0.1) is 0 Å². The predicted molar refractivity (Wildman–Crippen MR) is 296 cm³/mol. The van der Waals surface area contributed by atoms with Crippen molar-refractivity contribution in [3.8, 4) is 79.4 Å². The van der Waals surface area contributed by atoms with Crippen molar-refractivity contribution in [2.24, 2.45) is 0 Å². The van der Waals surface area contributed by atoms with Gasteiger partial charge < -0.3 is 29.9 Å². The molecule has 0 aliphatic heterocycles. The van der Waals surface area contributed by atoms with E-state index in [1.54, 1.807) is 97.1 Å². The van der Waals surface area contributed by atoms with Gasteiger partial charge in [0.05, 0.1) is 19.6 Å². The minimum atomic E-state index is -3.74. The number of benzene rings is 10. The van der Waals surface area contributed by atoms with Crippen molar-refractivity contribution in [1.82, 2.24) is 0 Å². The number of hydrogen-bond acceptors (Lipinski definition) is 10. The van der Waals surface area contributed by atoms with E-state index in [2.05, 4.69) is 0 Å². The van der Waals surface area contributed by atoms with E-state index in [9.17, 15) is 27.0 Å². The molecule has 14 heteroatoms. The van der Waals surface area contributed by atoms with Crippen molar-refractivity contribution >= 4 is 42.9 Å². The van der Waals surface area contributed by atoms with Crippen molar-refractivity contribution < 1.29 is 46.7 Å². The van der Waals surface area contributed by atoms with Gasteiger partial charge in [-0.3, -0.25) is 0 Å². The summed E-state index contributed by atoms with van der Waals surface area (Å²) >= 11 is 11.4. The quantitative estimate of drug-likeness (QED) is 0.0979. The fraction of sp³-hybridized carbons (Fsp3) is 0.0164. The number of aromatic hydroxyl groups is 4.